The molecule has 1 saturated carbocycles. The van der Waals surface area contributed by atoms with Crippen molar-refractivity contribution in [1.82, 2.24) is 0 Å². The lowest BCUT2D eigenvalue weighted by molar-refractivity contribution is -0.139. The van der Waals surface area contributed by atoms with Crippen molar-refractivity contribution < 1.29 is 9.53 Å². The van der Waals surface area contributed by atoms with Gasteiger partial charge in [-0.25, -0.2) is 4.79 Å². The van der Waals surface area contributed by atoms with Gasteiger partial charge in [0.15, 0.2) is 0 Å². The number of carbonyl (C=O) groups excluding carboxylic acids is 1. The summed E-state index contributed by atoms with van der Waals surface area (Å²) in [6.45, 7) is 3.96. The van der Waals surface area contributed by atoms with Crippen molar-refractivity contribution >= 4 is 5.97 Å². The molecule has 1 rings (SSSR count). The van der Waals surface area contributed by atoms with E-state index >= 15 is 0 Å². The zero-order valence-electron chi connectivity index (χ0n) is 8.13. The van der Waals surface area contributed by atoms with Crippen LogP contribution in [0.2, 0.25) is 0 Å². The first-order chi connectivity index (χ1) is 6.33. The molecule has 0 heterocycles. The highest BCUT2D eigenvalue weighted by Crippen LogP contribution is 2.22. The molecule has 0 bridgehead atoms. The fourth-order valence-corrected chi connectivity index (χ4v) is 1.79. The van der Waals surface area contributed by atoms with Gasteiger partial charge in [-0.3, -0.25) is 0 Å². The van der Waals surface area contributed by atoms with Crippen molar-refractivity contribution in [3.63, 3.8) is 0 Å². The normalized spacial score (nSPS) is 19.1. The van der Waals surface area contributed by atoms with Crippen molar-refractivity contribution in [2.24, 2.45) is 5.92 Å². The lowest BCUT2D eigenvalue weighted by Crippen LogP contribution is -2.11. The third kappa shape index (κ3) is 4.11. The Morgan fingerprint density at radius 2 is 1.92 bits per heavy atom. The number of carbonyl (C=O) groups is 1. The molecule has 13 heavy (non-hydrogen) atoms. The monoisotopic (exact) mass is 182 g/mol. The Kier molecular flexibility index (Phi) is 4.58. The molecule has 1 fully saturated rings. The maximum atomic E-state index is 10.8. The van der Waals surface area contributed by atoms with E-state index in [1.807, 2.05) is 0 Å². The SMILES string of the molecule is C=CC(=O)OCC1CCCCCC1. The van der Waals surface area contributed by atoms with Gasteiger partial charge in [0, 0.05) is 6.08 Å². The summed E-state index contributed by atoms with van der Waals surface area (Å²) < 4.78 is 5.03. The number of rotatable bonds is 3. The summed E-state index contributed by atoms with van der Waals surface area (Å²) >= 11 is 0. The van der Waals surface area contributed by atoms with Gasteiger partial charge in [-0.15, -0.1) is 0 Å². The highest BCUT2D eigenvalue weighted by molar-refractivity contribution is 5.81. The molecule has 0 radical (unpaired) electrons. The molecule has 0 unspecified atom stereocenters. The Balaban J connectivity index is 2.18. The average Bonchev–Trinajstić information content (AvgIpc) is 2.42. The summed E-state index contributed by atoms with van der Waals surface area (Å²) in [5.41, 5.74) is 0. The van der Waals surface area contributed by atoms with Gasteiger partial charge in [-0.1, -0.05) is 32.3 Å². The van der Waals surface area contributed by atoms with Crippen LogP contribution >= 0.6 is 0 Å². The van der Waals surface area contributed by atoms with E-state index in [-0.39, 0.29) is 5.97 Å². The van der Waals surface area contributed by atoms with Crippen molar-refractivity contribution in [3.05, 3.63) is 12.7 Å². The lowest BCUT2D eigenvalue weighted by atomic mass is 10.0. The molecular weight excluding hydrogens is 164 g/mol. The predicted octanol–water partition coefficient (Wildman–Crippen LogP) is 2.69. The van der Waals surface area contributed by atoms with Crippen LogP contribution in [0.15, 0.2) is 12.7 Å². The van der Waals surface area contributed by atoms with Gasteiger partial charge in [0.2, 0.25) is 0 Å². The molecule has 2 heteroatoms. The lowest BCUT2D eigenvalue weighted by Gasteiger charge is -2.12. The molecule has 1 aliphatic carbocycles. The molecule has 0 N–H and O–H groups in total. The van der Waals surface area contributed by atoms with E-state index in [0.717, 1.165) is 0 Å². The predicted molar refractivity (Wildman–Crippen MR) is 52.3 cm³/mol. The summed E-state index contributed by atoms with van der Waals surface area (Å²) in [5.74, 6) is 0.302. The standard InChI is InChI=1S/C11H18O2/c1-2-11(12)13-9-10-7-5-3-4-6-8-10/h2,10H,1,3-9H2. The molecule has 0 aromatic rings. The van der Waals surface area contributed by atoms with Crippen LogP contribution in [0.5, 0.6) is 0 Å². The zero-order chi connectivity index (χ0) is 9.52. The van der Waals surface area contributed by atoms with Gasteiger partial charge < -0.3 is 4.74 Å². The zero-order valence-corrected chi connectivity index (χ0v) is 8.13. The molecule has 74 valence electrons. The topological polar surface area (TPSA) is 26.3 Å². The summed E-state index contributed by atoms with van der Waals surface area (Å²) in [7, 11) is 0. The summed E-state index contributed by atoms with van der Waals surface area (Å²) in [6.07, 6.45) is 8.91. The van der Waals surface area contributed by atoms with Crippen LogP contribution in [0.3, 0.4) is 0 Å². The van der Waals surface area contributed by atoms with Gasteiger partial charge in [-0.05, 0) is 18.8 Å². The quantitative estimate of drug-likeness (QED) is 0.381. The van der Waals surface area contributed by atoms with Crippen LogP contribution in [0.25, 0.3) is 0 Å². The molecule has 0 saturated heterocycles. The molecule has 0 spiro atoms. The van der Waals surface area contributed by atoms with Crippen LogP contribution in [0, 0.1) is 5.92 Å². The molecule has 0 aromatic heterocycles. The van der Waals surface area contributed by atoms with E-state index < -0.39 is 0 Å². The number of hydrogen-bond acceptors (Lipinski definition) is 2. The largest absolute Gasteiger partial charge is 0.462 e. The highest BCUT2D eigenvalue weighted by Gasteiger charge is 2.13. The van der Waals surface area contributed by atoms with Crippen molar-refractivity contribution in [2.45, 2.75) is 38.5 Å². The smallest absolute Gasteiger partial charge is 0.330 e. The van der Waals surface area contributed by atoms with E-state index in [2.05, 4.69) is 6.58 Å². The van der Waals surface area contributed by atoms with E-state index in [0.29, 0.717) is 12.5 Å². The third-order valence-corrected chi connectivity index (χ3v) is 2.60. The Hall–Kier alpha value is -0.790. The maximum absolute atomic E-state index is 10.8. The first kappa shape index (κ1) is 10.3. The first-order valence-electron chi connectivity index (χ1n) is 5.12. The van der Waals surface area contributed by atoms with Crippen LogP contribution in [-0.4, -0.2) is 12.6 Å². The van der Waals surface area contributed by atoms with Gasteiger partial charge in [0.1, 0.15) is 0 Å². The number of hydrogen-bond donors (Lipinski definition) is 0. The number of ether oxygens (including phenoxy) is 1. The number of esters is 1. The maximum Gasteiger partial charge on any atom is 0.330 e. The molecule has 0 atom stereocenters. The third-order valence-electron chi connectivity index (χ3n) is 2.60. The van der Waals surface area contributed by atoms with Gasteiger partial charge in [-0.2, -0.15) is 0 Å². The Morgan fingerprint density at radius 3 is 2.46 bits per heavy atom. The average molecular weight is 182 g/mol. The molecule has 2 nitrogen and oxygen atoms in total. The molecule has 0 amide bonds. The van der Waals surface area contributed by atoms with Gasteiger partial charge in [0.25, 0.3) is 0 Å². The molecule has 1 aliphatic rings. The van der Waals surface area contributed by atoms with Crippen LogP contribution in [0.1, 0.15) is 38.5 Å². The van der Waals surface area contributed by atoms with Crippen molar-refractivity contribution in [2.75, 3.05) is 6.61 Å². The van der Waals surface area contributed by atoms with Crippen LogP contribution in [-0.2, 0) is 9.53 Å². The van der Waals surface area contributed by atoms with Gasteiger partial charge in [0.05, 0.1) is 6.61 Å². The second-order valence-corrected chi connectivity index (χ2v) is 3.69. The van der Waals surface area contributed by atoms with Gasteiger partial charge >= 0.3 is 5.97 Å². The van der Waals surface area contributed by atoms with Crippen molar-refractivity contribution in [1.29, 1.82) is 0 Å². The molecule has 0 aromatic carbocycles. The fraction of sp³-hybridized carbons (Fsp3) is 0.727. The van der Waals surface area contributed by atoms with E-state index in [4.69, 9.17) is 4.74 Å². The van der Waals surface area contributed by atoms with Crippen LogP contribution < -0.4 is 0 Å². The van der Waals surface area contributed by atoms with E-state index in [9.17, 15) is 4.79 Å². The van der Waals surface area contributed by atoms with Crippen molar-refractivity contribution in [3.8, 4) is 0 Å². The van der Waals surface area contributed by atoms with E-state index in [1.54, 1.807) is 0 Å². The Bertz CT molecular complexity index is 167. The van der Waals surface area contributed by atoms with E-state index in [1.165, 1.54) is 44.6 Å². The molecular formula is C11H18O2. The summed E-state index contributed by atoms with van der Waals surface area (Å²) in [6, 6.07) is 0. The Labute approximate surface area is 80.0 Å². The first-order valence-corrected chi connectivity index (χ1v) is 5.12. The Morgan fingerprint density at radius 1 is 1.31 bits per heavy atom. The minimum absolute atomic E-state index is 0.288. The second kappa shape index (κ2) is 5.79. The fourth-order valence-electron chi connectivity index (χ4n) is 1.79. The summed E-state index contributed by atoms with van der Waals surface area (Å²) in [5, 5.41) is 0. The second-order valence-electron chi connectivity index (χ2n) is 3.69. The minimum Gasteiger partial charge on any atom is -0.462 e. The molecule has 0 aliphatic heterocycles. The van der Waals surface area contributed by atoms with Crippen LogP contribution in [0.4, 0.5) is 0 Å². The minimum atomic E-state index is -0.288. The highest BCUT2D eigenvalue weighted by atomic mass is 16.5. The summed E-state index contributed by atoms with van der Waals surface area (Å²) in [4.78, 5) is 10.8.